The maximum absolute atomic E-state index is 12.1. The third-order valence-corrected chi connectivity index (χ3v) is 5.14. The molecule has 1 saturated carbocycles. The zero-order valence-corrected chi connectivity index (χ0v) is 13.9. The Bertz CT molecular complexity index is 307. The fraction of sp³-hybridized carbons (Fsp3) is 0.941. The van der Waals surface area contributed by atoms with E-state index in [4.69, 9.17) is 0 Å². The first-order valence-electron chi connectivity index (χ1n) is 8.94. The second-order valence-corrected chi connectivity index (χ2v) is 6.91. The van der Waals surface area contributed by atoms with Crippen LogP contribution < -0.4 is 10.6 Å². The number of nitrogens with one attached hydrogen (secondary N) is 2. The van der Waals surface area contributed by atoms with Gasteiger partial charge in [-0.3, -0.25) is 9.69 Å². The van der Waals surface area contributed by atoms with Gasteiger partial charge in [-0.2, -0.15) is 0 Å². The summed E-state index contributed by atoms with van der Waals surface area (Å²) in [6.45, 7) is 8.38. The number of piperidine rings is 1. The number of nitrogens with zero attached hydrogens (tertiary/aromatic N) is 1. The molecule has 0 aromatic heterocycles. The van der Waals surface area contributed by atoms with Crippen LogP contribution in [0.4, 0.5) is 0 Å². The van der Waals surface area contributed by atoms with E-state index in [9.17, 15) is 4.79 Å². The van der Waals surface area contributed by atoms with Crippen molar-refractivity contribution in [1.82, 2.24) is 15.5 Å². The molecule has 1 saturated heterocycles. The summed E-state index contributed by atoms with van der Waals surface area (Å²) >= 11 is 0. The summed E-state index contributed by atoms with van der Waals surface area (Å²) in [5, 5.41) is 6.80. The maximum Gasteiger partial charge on any atom is 0.234 e. The van der Waals surface area contributed by atoms with Crippen molar-refractivity contribution in [2.45, 2.75) is 70.9 Å². The standard InChI is InChI=1S/C17H33N3O/c1-3-10-18-14(2)15-8-11-20(12-9-15)13-17(21)19-16-6-4-5-7-16/h14-16,18H,3-13H2,1-2H3,(H,19,21). The molecule has 0 aromatic rings. The fourth-order valence-corrected chi connectivity index (χ4v) is 3.70. The normalized spacial score (nSPS) is 23.3. The van der Waals surface area contributed by atoms with Crippen molar-refractivity contribution in [3.05, 3.63) is 0 Å². The van der Waals surface area contributed by atoms with Gasteiger partial charge in [-0.05, 0) is 64.6 Å². The summed E-state index contributed by atoms with van der Waals surface area (Å²) in [5.41, 5.74) is 0. The fourth-order valence-electron chi connectivity index (χ4n) is 3.70. The first kappa shape index (κ1) is 16.8. The Labute approximate surface area is 130 Å². The second-order valence-electron chi connectivity index (χ2n) is 6.91. The van der Waals surface area contributed by atoms with E-state index >= 15 is 0 Å². The Balaban J connectivity index is 1.62. The molecule has 2 N–H and O–H groups in total. The number of hydrogen-bond donors (Lipinski definition) is 2. The average molecular weight is 295 g/mol. The van der Waals surface area contributed by atoms with E-state index in [0.717, 1.165) is 25.6 Å². The number of carbonyl (C=O) groups is 1. The molecule has 4 nitrogen and oxygen atoms in total. The molecule has 0 spiro atoms. The van der Waals surface area contributed by atoms with Gasteiger partial charge in [0.25, 0.3) is 0 Å². The molecule has 2 rings (SSSR count). The van der Waals surface area contributed by atoms with Gasteiger partial charge in [0.1, 0.15) is 0 Å². The Hall–Kier alpha value is -0.610. The number of carbonyl (C=O) groups excluding carboxylic acids is 1. The molecule has 1 unspecified atom stereocenters. The topological polar surface area (TPSA) is 44.4 Å². The van der Waals surface area contributed by atoms with Crippen LogP contribution in [0, 0.1) is 5.92 Å². The summed E-state index contributed by atoms with van der Waals surface area (Å²) in [6, 6.07) is 1.06. The molecule has 0 radical (unpaired) electrons. The van der Waals surface area contributed by atoms with Crippen LogP contribution in [0.25, 0.3) is 0 Å². The van der Waals surface area contributed by atoms with Crippen LogP contribution in [0.3, 0.4) is 0 Å². The van der Waals surface area contributed by atoms with Gasteiger partial charge in [0.2, 0.25) is 5.91 Å². The van der Waals surface area contributed by atoms with E-state index in [1.165, 1.54) is 44.9 Å². The lowest BCUT2D eigenvalue weighted by atomic mass is 9.90. The lowest BCUT2D eigenvalue weighted by Gasteiger charge is -2.35. The van der Waals surface area contributed by atoms with Crippen LogP contribution in [-0.4, -0.2) is 49.1 Å². The van der Waals surface area contributed by atoms with E-state index in [1.807, 2.05) is 0 Å². The van der Waals surface area contributed by atoms with Gasteiger partial charge < -0.3 is 10.6 Å². The number of hydrogen-bond acceptors (Lipinski definition) is 3. The summed E-state index contributed by atoms with van der Waals surface area (Å²) < 4.78 is 0. The SMILES string of the molecule is CCCNC(C)C1CCN(CC(=O)NC2CCCC2)CC1. The van der Waals surface area contributed by atoms with Crippen LogP contribution in [0.1, 0.15) is 58.8 Å². The van der Waals surface area contributed by atoms with Crippen LogP contribution in [-0.2, 0) is 4.79 Å². The van der Waals surface area contributed by atoms with Crippen molar-refractivity contribution in [3.63, 3.8) is 0 Å². The smallest absolute Gasteiger partial charge is 0.234 e. The minimum Gasteiger partial charge on any atom is -0.352 e. The molecular weight excluding hydrogens is 262 g/mol. The lowest BCUT2D eigenvalue weighted by molar-refractivity contribution is -0.123. The first-order valence-corrected chi connectivity index (χ1v) is 8.94. The van der Waals surface area contributed by atoms with Crippen LogP contribution in [0.5, 0.6) is 0 Å². The summed E-state index contributed by atoms with van der Waals surface area (Å²) in [4.78, 5) is 14.4. The highest BCUT2D eigenvalue weighted by Gasteiger charge is 2.25. The predicted octanol–water partition coefficient (Wildman–Crippen LogP) is 2.15. The first-order chi connectivity index (χ1) is 10.2. The van der Waals surface area contributed by atoms with Gasteiger partial charge in [-0.15, -0.1) is 0 Å². The summed E-state index contributed by atoms with van der Waals surface area (Å²) in [6.07, 6.45) is 8.54. The Kier molecular flexibility index (Phi) is 6.97. The Morgan fingerprint density at radius 3 is 2.48 bits per heavy atom. The molecule has 1 amide bonds. The molecular formula is C17H33N3O. The zero-order chi connectivity index (χ0) is 15.1. The highest BCUT2D eigenvalue weighted by atomic mass is 16.2. The van der Waals surface area contributed by atoms with Gasteiger partial charge in [0.05, 0.1) is 6.54 Å². The minimum absolute atomic E-state index is 0.234. The molecule has 122 valence electrons. The van der Waals surface area contributed by atoms with Crippen LogP contribution in [0.2, 0.25) is 0 Å². The van der Waals surface area contributed by atoms with Crippen molar-refractivity contribution in [3.8, 4) is 0 Å². The van der Waals surface area contributed by atoms with Gasteiger partial charge in [0.15, 0.2) is 0 Å². The van der Waals surface area contributed by atoms with E-state index in [1.54, 1.807) is 0 Å². The third kappa shape index (κ3) is 5.59. The van der Waals surface area contributed by atoms with Crippen molar-refractivity contribution in [1.29, 1.82) is 0 Å². The Morgan fingerprint density at radius 2 is 1.86 bits per heavy atom. The van der Waals surface area contributed by atoms with Crippen molar-refractivity contribution < 1.29 is 4.79 Å². The zero-order valence-electron chi connectivity index (χ0n) is 13.9. The number of rotatable bonds is 7. The molecule has 21 heavy (non-hydrogen) atoms. The number of likely N-dealkylation sites (tertiary alicyclic amines) is 1. The van der Waals surface area contributed by atoms with Crippen LogP contribution >= 0.6 is 0 Å². The van der Waals surface area contributed by atoms with E-state index in [-0.39, 0.29) is 5.91 Å². The molecule has 1 heterocycles. The van der Waals surface area contributed by atoms with Gasteiger partial charge in [0, 0.05) is 12.1 Å². The van der Waals surface area contributed by atoms with E-state index < -0.39 is 0 Å². The maximum atomic E-state index is 12.1. The second kappa shape index (κ2) is 8.74. The Morgan fingerprint density at radius 1 is 1.19 bits per heavy atom. The highest BCUT2D eigenvalue weighted by molar-refractivity contribution is 5.78. The van der Waals surface area contributed by atoms with Gasteiger partial charge >= 0.3 is 0 Å². The summed E-state index contributed by atoms with van der Waals surface area (Å²) in [7, 11) is 0. The van der Waals surface area contributed by atoms with Gasteiger partial charge in [-0.1, -0.05) is 19.8 Å². The largest absolute Gasteiger partial charge is 0.352 e. The molecule has 4 heteroatoms. The third-order valence-electron chi connectivity index (χ3n) is 5.14. The molecule has 2 aliphatic rings. The molecule has 0 aromatic carbocycles. The predicted molar refractivity (Wildman–Crippen MR) is 87.3 cm³/mol. The van der Waals surface area contributed by atoms with Crippen molar-refractivity contribution in [2.75, 3.05) is 26.2 Å². The van der Waals surface area contributed by atoms with E-state index in [0.29, 0.717) is 18.6 Å². The molecule has 1 aliphatic heterocycles. The highest BCUT2D eigenvalue weighted by Crippen LogP contribution is 2.21. The molecule has 2 fully saturated rings. The van der Waals surface area contributed by atoms with E-state index in [2.05, 4.69) is 29.4 Å². The molecule has 0 bridgehead atoms. The van der Waals surface area contributed by atoms with Crippen molar-refractivity contribution >= 4 is 5.91 Å². The van der Waals surface area contributed by atoms with Crippen molar-refractivity contribution in [2.24, 2.45) is 5.92 Å². The van der Waals surface area contributed by atoms with Gasteiger partial charge in [-0.25, -0.2) is 0 Å². The quantitative estimate of drug-likeness (QED) is 0.756. The number of amides is 1. The van der Waals surface area contributed by atoms with Crippen LogP contribution in [0.15, 0.2) is 0 Å². The minimum atomic E-state index is 0.234. The monoisotopic (exact) mass is 295 g/mol. The summed E-state index contributed by atoms with van der Waals surface area (Å²) in [5.74, 6) is 1.00. The average Bonchev–Trinajstić information content (AvgIpc) is 2.98. The lowest BCUT2D eigenvalue weighted by Crippen LogP contribution is -2.46. The molecule has 1 aliphatic carbocycles. The molecule has 1 atom stereocenters.